The molecule has 0 spiro atoms. The van der Waals surface area contributed by atoms with Gasteiger partial charge < -0.3 is 0 Å². The van der Waals surface area contributed by atoms with Gasteiger partial charge in [-0.25, -0.2) is 0 Å². The Hall–Kier alpha value is -5.08. The maximum absolute atomic E-state index is 4.69. The molecule has 40 heavy (non-hydrogen) atoms. The molecule has 2 nitrogen and oxygen atoms in total. The molecule has 0 bridgehead atoms. The summed E-state index contributed by atoms with van der Waals surface area (Å²) in [6.07, 6.45) is 5.67. The van der Waals surface area contributed by atoms with Gasteiger partial charge in [0, 0.05) is 29.7 Å². The number of hydrogen-bond acceptors (Lipinski definition) is 2. The quantitative estimate of drug-likeness (QED) is 0.219. The van der Waals surface area contributed by atoms with E-state index >= 15 is 0 Å². The molecule has 190 valence electrons. The fraction of sp³-hybridized carbons (Fsp3) is 0.0526. The number of pyridine rings is 2. The zero-order chi connectivity index (χ0) is 27.1. The summed E-state index contributed by atoms with van der Waals surface area (Å²) in [7, 11) is 0. The van der Waals surface area contributed by atoms with E-state index in [4.69, 9.17) is 4.98 Å². The number of fused-ring (bicyclic) bond motifs is 2. The fourth-order valence-electron chi connectivity index (χ4n) is 5.94. The van der Waals surface area contributed by atoms with Crippen LogP contribution in [-0.4, -0.2) is 9.97 Å². The Morgan fingerprint density at radius 1 is 0.450 bits per heavy atom. The summed E-state index contributed by atoms with van der Waals surface area (Å²) in [6.45, 7) is 4.25. The van der Waals surface area contributed by atoms with E-state index in [1.807, 2.05) is 24.7 Å². The van der Waals surface area contributed by atoms with Crippen LogP contribution in [0.4, 0.5) is 0 Å². The number of nitrogens with zero attached hydrogens (tertiary/aromatic N) is 2. The lowest BCUT2D eigenvalue weighted by Gasteiger charge is -2.18. The molecule has 7 rings (SSSR count). The van der Waals surface area contributed by atoms with Gasteiger partial charge in [-0.05, 0) is 92.5 Å². The van der Waals surface area contributed by atoms with E-state index in [-0.39, 0.29) is 0 Å². The molecule has 0 aliphatic carbocycles. The molecule has 0 aliphatic heterocycles. The lowest BCUT2D eigenvalue weighted by atomic mass is 9.85. The zero-order valence-corrected chi connectivity index (χ0v) is 22.6. The molecule has 0 unspecified atom stereocenters. The maximum Gasteiger partial charge on any atom is 0.0731 e. The summed E-state index contributed by atoms with van der Waals surface area (Å²) in [6, 6.07) is 41.5. The van der Waals surface area contributed by atoms with Gasteiger partial charge in [-0.1, -0.05) is 97.1 Å². The summed E-state index contributed by atoms with van der Waals surface area (Å²) in [4.78, 5) is 9.04. The number of benzene rings is 5. The van der Waals surface area contributed by atoms with Crippen molar-refractivity contribution in [3.05, 3.63) is 145 Å². The van der Waals surface area contributed by atoms with E-state index in [1.54, 1.807) is 0 Å². The van der Waals surface area contributed by atoms with E-state index < -0.39 is 0 Å². The van der Waals surface area contributed by atoms with Gasteiger partial charge in [0.15, 0.2) is 0 Å². The van der Waals surface area contributed by atoms with Gasteiger partial charge in [-0.2, -0.15) is 0 Å². The average molecular weight is 513 g/mol. The molecule has 2 aromatic heterocycles. The first kappa shape index (κ1) is 24.0. The molecule has 5 aromatic carbocycles. The highest BCUT2D eigenvalue weighted by Gasteiger charge is 2.17. The Balaban J connectivity index is 1.46. The van der Waals surface area contributed by atoms with Crippen molar-refractivity contribution in [3.8, 4) is 44.6 Å². The lowest BCUT2D eigenvalue weighted by molar-refractivity contribution is 1.27. The minimum absolute atomic E-state index is 1.03. The summed E-state index contributed by atoms with van der Waals surface area (Å²) in [5.74, 6) is 0. The van der Waals surface area contributed by atoms with Crippen molar-refractivity contribution in [2.75, 3.05) is 0 Å². The zero-order valence-electron chi connectivity index (χ0n) is 22.6. The number of hydrogen-bond donors (Lipinski definition) is 0. The van der Waals surface area contributed by atoms with Crippen molar-refractivity contribution >= 4 is 21.5 Å². The van der Waals surface area contributed by atoms with Crippen molar-refractivity contribution in [1.29, 1.82) is 0 Å². The largest absolute Gasteiger partial charge is 0.264 e. The SMILES string of the molecule is Cc1ccncc1-c1ccc(-c2c3ccccc3c(-c3cccc(-c4ncccc4C)c3)c3ccccc23)cc1. The average Bonchev–Trinajstić information content (AvgIpc) is 3.00. The summed E-state index contributed by atoms with van der Waals surface area (Å²) < 4.78 is 0. The predicted octanol–water partition coefficient (Wildman–Crippen LogP) is 10.1. The minimum Gasteiger partial charge on any atom is -0.264 e. The van der Waals surface area contributed by atoms with Crippen molar-refractivity contribution in [2.45, 2.75) is 13.8 Å². The third-order valence-electron chi connectivity index (χ3n) is 7.89. The number of aryl methyl sites for hydroxylation is 2. The second-order valence-electron chi connectivity index (χ2n) is 10.4. The molecule has 0 radical (unpaired) electrons. The van der Waals surface area contributed by atoms with Crippen LogP contribution in [0, 0.1) is 13.8 Å². The Kier molecular flexibility index (Phi) is 5.94. The van der Waals surface area contributed by atoms with Crippen LogP contribution in [0.2, 0.25) is 0 Å². The van der Waals surface area contributed by atoms with E-state index in [2.05, 4.69) is 128 Å². The van der Waals surface area contributed by atoms with E-state index in [9.17, 15) is 0 Å². The van der Waals surface area contributed by atoms with Crippen LogP contribution >= 0.6 is 0 Å². The first-order chi connectivity index (χ1) is 19.7. The van der Waals surface area contributed by atoms with Crippen LogP contribution in [0.5, 0.6) is 0 Å². The summed E-state index contributed by atoms with van der Waals surface area (Å²) >= 11 is 0. The van der Waals surface area contributed by atoms with Crippen LogP contribution in [-0.2, 0) is 0 Å². The van der Waals surface area contributed by atoms with Gasteiger partial charge in [0.25, 0.3) is 0 Å². The first-order valence-electron chi connectivity index (χ1n) is 13.7. The second kappa shape index (κ2) is 9.91. The Morgan fingerprint density at radius 3 is 1.68 bits per heavy atom. The van der Waals surface area contributed by atoms with Crippen LogP contribution in [0.25, 0.3) is 66.2 Å². The van der Waals surface area contributed by atoms with Gasteiger partial charge >= 0.3 is 0 Å². The van der Waals surface area contributed by atoms with Crippen LogP contribution in [0.3, 0.4) is 0 Å². The molecular weight excluding hydrogens is 484 g/mol. The normalized spacial score (nSPS) is 11.2. The molecular formula is C38H28N2. The Bertz CT molecular complexity index is 1960. The highest BCUT2D eigenvalue weighted by Crippen LogP contribution is 2.44. The van der Waals surface area contributed by atoms with Gasteiger partial charge in [0.05, 0.1) is 5.69 Å². The molecule has 2 heteroatoms. The molecule has 2 heterocycles. The highest BCUT2D eigenvalue weighted by atomic mass is 14.7. The summed E-state index contributed by atoms with van der Waals surface area (Å²) in [5.41, 5.74) is 11.8. The summed E-state index contributed by atoms with van der Waals surface area (Å²) in [5, 5.41) is 5.00. The molecule has 0 fully saturated rings. The Morgan fingerprint density at radius 2 is 1.05 bits per heavy atom. The van der Waals surface area contributed by atoms with Crippen molar-refractivity contribution in [2.24, 2.45) is 0 Å². The molecule has 0 aliphatic rings. The molecule has 0 saturated heterocycles. The van der Waals surface area contributed by atoms with E-state index in [0.29, 0.717) is 0 Å². The highest BCUT2D eigenvalue weighted by molar-refractivity contribution is 6.21. The van der Waals surface area contributed by atoms with E-state index in [0.717, 1.165) is 11.3 Å². The third-order valence-corrected chi connectivity index (χ3v) is 7.89. The van der Waals surface area contributed by atoms with Crippen LogP contribution in [0.1, 0.15) is 11.1 Å². The van der Waals surface area contributed by atoms with E-state index in [1.165, 1.54) is 66.1 Å². The third kappa shape index (κ3) is 4.06. The number of aromatic nitrogens is 2. The minimum atomic E-state index is 1.03. The van der Waals surface area contributed by atoms with Gasteiger partial charge in [-0.15, -0.1) is 0 Å². The second-order valence-corrected chi connectivity index (χ2v) is 10.4. The molecule has 0 saturated carbocycles. The standard InChI is InChI=1S/C38H28N2/c1-25-20-22-39-24-35(25)27-16-18-28(19-17-27)36-31-12-3-5-14-33(31)37(34-15-6-4-13-32(34)36)29-10-7-11-30(23-29)38-26(2)9-8-21-40-38/h3-24H,1-2H3. The molecule has 7 aromatic rings. The number of rotatable bonds is 4. The van der Waals surface area contributed by atoms with Gasteiger partial charge in [0.1, 0.15) is 0 Å². The van der Waals surface area contributed by atoms with Crippen molar-refractivity contribution in [1.82, 2.24) is 9.97 Å². The monoisotopic (exact) mass is 512 g/mol. The lowest BCUT2D eigenvalue weighted by Crippen LogP contribution is -1.92. The smallest absolute Gasteiger partial charge is 0.0731 e. The maximum atomic E-state index is 4.69. The molecule has 0 amide bonds. The predicted molar refractivity (Wildman–Crippen MR) is 168 cm³/mol. The topological polar surface area (TPSA) is 25.8 Å². The fourth-order valence-corrected chi connectivity index (χ4v) is 5.94. The van der Waals surface area contributed by atoms with Crippen LogP contribution in [0.15, 0.2) is 134 Å². The van der Waals surface area contributed by atoms with Crippen LogP contribution < -0.4 is 0 Å². The van der Waals surface area contributed by atoms with Gasteiger partial charge in [-0.3, -0.25) is 9.97 Å². The van der Waals surface area contributed by atoms with Crippen molar-refractivity contribution in [3.63, 3.8) is 0 Å². The van der Waals surface area contributed by atoms with Gasteiger partial charge in [0.2, 0.25) is 0 Å². The van der Waals surface area contributed by atoms with Crippen molar-refractivity contribution < 1.29 is 0 Å². The molecule has 0 N–H and O–H groups in total. The first-order valence-corrected chi connectivity index (χ1v) is 13.7. The Labute approximate surface area is 234 Å². The molecule has 0 atom stereocenters.